The summed E-state index contributed by atoms with van der Waals surface area (Å²) in [5, 5.41) is 31.0. The summed E-state index contributed by atoms with van der Waals surface area (Å²) in [7, 11) is 0. The van der Waals surface area contributed by atoms with Gasteiger partial charge in [-0.2, -0.15) is 0 Å². The molecule has 6 rings (SSSR count). The number of aliphatic hydroxyl groups is 1. The Kier molecular flexibility index (Phi) is 8.31. The molecule has 242 valence electrons. The average Bonchev–Trinajstić information content (AvgIpc) is 3.52. The monoisotopic (exact) mass is 618 g/mol. The van der Waals surface area contributed by atoms with Gasteiger partial charge < -0.3 is 30.7 Å². The van der Waals surface area contributed by atoms with Crippen LogP contribution in [0.3, 0.4) is 0 Å². The van der Waals surface area contributed by atoms with Gasteiger partial charge in [0, 0.05) is 23.5 Å². The molecule has 7 atom stereocenters. The van der Waals surface area contributed by atoms with Gasteiger partial charge in [0.05, 0.1) is 17.9 Å². The van der Waals surface area contributed by atoms with E-state index in [0.717, 1.165) is 73.5 Å². The van der Waals surface area contributed by atoms with Crippen molar-refractivity contribution in [1.82, 2.24) is 15.6 Å². The Bertz CT molecular complexity index is 1540. The lowest BCUT2D eigenvalue weighted by Gasteiger charge is -2.59. The Labute approximate surface area is 264 Å². The van der Waals surface area contributed by atoms with Crippen LogP contribution in [0.15, 0.2) is 47.3 Å². The number of hydrogen-bond acceptors (Lipinski definition) is 6. The van der Waals surface area contributed by atoms with E-state index in [9.17, 15) is 24.6 Å². The first kappa shape index (κ1) is 31.3. The van der Waals surface area contributed by atoms with E-state index in [1.807, 2.05) is 31.2 Å². The number of nitrogens with zero attached hydrogens (tertiary/aromatic N) is 1. The van der Waals surface area contributed by atoms with Crippen molar-refractivity contribution >= 4 is 34.4 Å². The molecule has 2 amide bonds. The maximum absolute atomic E-state index is 12.5. The van der Waals surface area contributed by atoms with Crippen molar-refractivity contribution in [3.8, 4) is 0 Å². The molecule has 0 radical (unpaired) electrons. The van der Waals surface area contributed by atoms with Gasteiger partial charge in [0.15, 0.2) is 6.61 Å². The summed E-state index contributed by atoms with van der Waals surface area (Å²) in [5.41, 5.74) is 3.50. The van der Waals surface area contributed by atoms with E-state index in [1.54, 1.807) is 6.20 Å². The van der Waals surface area contributed by atoms with Gasteiger partial charge in [0.25, 0.3) is 5.91 Å². The first-order valence-corrected chi connectivity index (χ1v) is 16.4. The standard InChI is InChI=1S/C35H46N4O6/c1-33-13-10-23(17-22(33)8-9-25-26(33)11-14-34(2)27(25)12-15-35(34,3)44)39-45-20-31(41)37-19-30(40)38-29(32(42)43)16-21-18-36-28-7-5-4-6-24(21)28/h4-7,17-18,25-27,29,36,44H,8-16,19-20H2,1-3H3,(H,37,41)(H,38,40)(H,42,43)/b39-23-/t25-,26+,27+,29-,33+,34+,35+/m1/s1. The fraction of sp³-hybridized carbons (Fsp3) is 0.600. The summed E-state index contributed by atoms with van der Waals surface area (Å²) in [6.45, 7) is 6.08. The smallest absolute Gasteiger partial charge is 0.326 e. The van der Waals surface area contributed by atoms with E-state index in [2.05, 4.69) is 40.7 Å². The number of aliphatic carboxylic acids is 1. The van der Waals surface area contributed by atoms with Crippen LogP contribution in [0.4, 0.5) is 0 Å². The average molecular weight is 619 g/mol. The van der Waals surface area contributed by atoms with Crippen LogP contribution >= 0.6 is 0 Å². The van der Waals surface area contributed by atoms with Crippen LogP contribution < -0.4 is 10.6 Å². The number of benzene rings is 1. The summed E-state index contributed by atoms with van der Waals surface area (Å²) < 4.78 is 0. The molecule has 45 heavy (non-hydrogen) atoms. The molecule has 3 fully saturated rings. The number of carboxylic acid groups (broad SMARTS) is 1. The van der Waals surface area contributed by atoms with Crippen molar-refractivity contribution in [2.45, 2.75) is 90.2 Å². The van der Waals surface area contributed by atoms with E-state index in [0.29, 0.717) is 17.8 Å². The molecule has 3 saturated carbocycles. The summed E-state index contributed by atoms with van der Waals surface area (Å²) in [6, 6.07) is 6.42. The summed E-state index contributed by atoms with van der Waals surface area (Å²) >= 11 is 0. The predicted octanol–water partition coefficient (Wildman–Crippen LogP) is 4.48. The normalized spacial score (nSPS) is 33.8. The third-order valence-corrected chi connectivity index (χ3v) is 12.1. The Morgan fingerprint density at radius 1 is 1.04 bits per heavy atom. The molecule has 10 nitrogen and oxygen atoms in total. The number of H-pyrrole nitrogens is 1. The number of para-hydroxylation sites is 1. The van der Waals surface area contributed by atoms with Crippen LogP contribution in [-0.2, 0) is 25.6 Å². The zero-order chi connectivity index (χ0) is 32.0. The minimum atomic E-state index is -1.15. The Balaban J connectivity index is 0.982. The molecular weight excluding hydrogens is 572 g/mol. The highest BCUT2D eigenvalue weighted by molar-refractivity contribution is 5.96. The Morgan fingerprint density at radius 2 is 1.82 bits per heavy atom. The lowest BCUT2D eigenvalue weighted by atomic mass is 9.46. The summed E-state index contributed by atoms with van der Waals surface area (Å²) in [6.07, 6.45) is 12.2. The summed E-state index contributed by atoms with van der Waals surface area (Å²) in [4.78, 5) is 45.2. The lowest BCUT2D eigenvalue weighted by Crippen LogP contribution is -2.53. The molecule has 0 aliphatic heterocycles. The number of aromatic nitrogens is 1. The van der Waals surface area contributed by atoms with Gasteiger partial charge in [0.1, 0.15) is 6.04 Å². The van der Waals surface area contributed by atoms with Gasteiger partial charge in [-0.25, -0.2) is 4.79 Å². The minimum Gasteiger partial charge on any atom is -0.480 e. The SMILES string of the molecule is C[C@]12CC/C(=N/OCC(=O)NCC(=O)N[C@H](Cc3c[nH]c4ccccc34)C(=O)O)C=C1CC[C@@H]1[C@@H]2CC[C@@]2(C)[C@H]1CC[C@]2(C)O. The van der Waals surface area contributed by atoms with Crippen molar-refractivity contribution in [3.63, 3.8) is 0 Å². The van der Waals surface area contributed by atoms with Gasteiger partial charge >= 0.3 is 5.97 Å². The number of amides is 2. The lowest BCUT2D eigenvalue weighted by molar-refractivity contribution is -0.141. The number of hydrogen-bond donors (Lipinski definition) is 5. The molecule has 1 aromatic carbocycles. The molecule has 1 heterocycles. The quantitative estimate of drug-likeness (QED) is 0.261. The van der Waals surface area contributed by atoms with E-state index in [-0.39, 0.29) is 30.4 Å². The van der Waals surface area contributed by atoms with Crippen molar-refractivity contribution in [3.05, 3.63) is 47.7 Å². The van der Waals surface area contributed by atoms with Crippen molar-refractivity contribution < 1.29 is 29.4 Å². The van der Waals surface area contributed by atoms with E-state index >= 15 is 0 Å². The molecule has 1 aromatic heterocycles. The third kappa shape index (κ3) is 5.77. The van der Waals surface area contributed by atoms with Crippen LogP contribution in [0.1, 0.15) is 77.7 Å². The molecule has 4 aliphatic rings. The van der Waals surface area contributed by atoms with E-state index in [1.165, 1.54) is 5.57 Å². The number of carboxylic acids is 1. The van der Waals surface area contributed by atoms with Crippen LogP contribution in [0, 0.1) is 28.6 Å². The Hall–Kier alpha value is -3.66. The maximum Gasteiger partial charge on any atom is 0.326 e. The van der Waals surface area contributed by atoms with E-state index in [4.69, 9.17) is 4.84 Å². The highest BCUT2D eigenvalue weighted by atomic mass is 16.6. The third-order valence-electron chi connectivity index (χ3n) is 12.1. The number of nitrogens with one attached hydrogen (secondary N) is 3. The number of oxime groups is 1. The minimum absolute atomic E-state index is 0.0119. The number of carbonyl (C=O) groups is 3. The fourth-order valence-corrected chi connectivity index (χ4v) is 9.26. The van der Waals surface area contributed by atoms with Crippen LogP contribution in [0.2, 0.25) is 0 Å². The molecule has 0 bridgehead atoms. The fourth-order valence-electron chi connectivity index (χ4n) is 9.26. The Morgan fingerprint density at radius 3 is 2.62 bits per heavy atom. The molecular formula is C35H46N4O6. The van der Waals surface area contributed by atoms with Crippen LogP contribution in [0.25, 0.3) is 10.9 Å². The first-order chi connectivity index (χ1) is 21.4. The second-order valence-electron chi connectivity index (χ2n) is 14.4. The molecule has 5 N–H and O–H groups in total. The van der Waals surface area contributed by atoms with Gasteiger partial charge in [-0.1, -0.05) is 42.8 Å². The molecule has 4 aliphatic carbocycles. The largest absolute Gasteiger partial charge is 0.480 e. The number of fused-ring (bicyclic) bond motifs is 6. The topological polar surface area (TPSA) is 153 Å². The molecule has 0 spiro atoms. The van der Waals surface area contributed by atoms with Gasteiger partial charge in [-0.15, -0.1) is 0 Å². The zero-order valence-electron chi connectivity index (χ0n) is 26.5. The first-order valence-electron chi connectivity index (χ1n) is 16.4. The number of carbonyl (C=O) groups excluding carboxylic acids is 2. The number of aromatic amines is 1. The maximum atomic E-state index is 12.5. The molecule has 0 saturated heterocycles. The zero-order valence-corrected chi connectivity index (χ0v) is 26.5. The van der Waals surface area contributed by atoms with Crippen molar-refractivity contribution in [1.29, 1.82) is 0 Å². The number of allylic oxidation sites excluding steroid dienone is 2. The summed E-state index contributed by atoms with van der Waals surface area (Å²) in [5.74, 6) is -0.415. The van der Waals surface area contributed by atoms with Crippen LogP contribution in [0.5, 0.6) is 0 Å². The van der Waals surface area contributed by atoms with E-state index < -0.39 is 29.4 Å². The molecule has 10 heteroatoms. The number of rotatable bonds is 9. The van der Waals surface area contributed by atoms with Gasteiger partial charge in [-0.05, 0) is 105 Å². The van der Waals surface area contributed by atoms with Crippen molar-refractivity contribution in [2.24, 2.45) is 33.7 Å². The molecule has 0 unspecified atom stereocenters. The van der Waals surface area contributed by atoms with Gasteiger partial charge in [-0.3, -0.25) is 9.59 Å². The second-order valence-corrected chi connectivity index (χ2v) is 14.4. The van der Waals surface area contributed by atoms with Gasteiger partial charge in [0.2, 0.25) is 5.91 Å². The van der Waals surface area contributed by atoms with Crippen LogP contribution in [-0.4, -0.2) is 63.5 Å². The molecule has 2 aromatic rings. The predicted molar refractivity (Wildman–Crippen MR) is 170 cm³/mol. The highest BCUT2D eigenvalue weighted by Gasteiger charge is 2.62. The second kappa shape index (κ2) is 11.9. The highest BCUT2D eigenvalue weighted by Crippen LogP contribution is 2.67. The van der Waals surface area contributed by atoms with Crippen molar-refractivity contribution in [2.75, 3.05) is 13.2 Å².